The highest BCUT2D eigenvalue weighted by molar-refractivity contribution is 9.09. The van der Waals surface area contributed by atoms with Gasteiger partial charge in [0.2, 0.25) is 0 Å². The van der Waals surface area contributed by atoms with Gasteiger partial charge in [0.1, 0.15) is 0 Å². The number of allylic oxidation sites excluding steroid dienone is 1. The summed E-state index contributed by atoms with van der Waals surface area (Å²) in [6, 6.07) is 0. The maximum Gasteiger partial charge on any atom is 0.310 e. The van der Waals surface area contributed by atoms with Crippen LogP contribution in [-0.4, -0.2) is 15.9 Å². The van der Waals surface area contributed by atoms with E-state index < -0.39 is 5.97 Å². The molecule has 1 rings (SSSR count). The molecule has 0 aromatic carbocycles. The summed E-state index contributed by atoms with van der Waals surface area (Å²) in [6.45, 7) is 0. The number of rotatable bonds is 1. The van der Waals surface area contributed by atoms with Crippen LogP contribution in [-0.2, 0) is 4.79 Å². The molecule has 10 heavy (non-hydrogen) atoms. The van der Waals surface area contributed by atoms with Gasteiger partial charge >= 0.3 is 5.97 Å². The molecule has 0 saturated carbocycles. The Morgan fingerprint density at radius 3 is 2.60 bits per heavy atom. The van der Waals surface area contributed by atoms with Crippen molar-refractivity contribution in [3.8, 4) is 0 Å². The second-order valence-corrected chi connectivity index (χ2v) is 3.60. The molecule has 0 aliphatic heterocycles. The zero-order chi connectivity index (χ0) is 7.56. The van der Waals surface area contributed by atoms with Crippen LogP contribution in [0.3, 0.4) is 0 Å². The van der Waals surface area contributed by atoms with Gasteiger partial charge in [-0.05, 0) is 12.8 Å². The molecule has 0 bridgehead atoms. The van der Waals surface area contributed by atoms with E-state index in [-0.39, 0.29) is 5.92 Å². The van der Waals surface area contributed by atoms with E-state index in [0.29, 0.717) is 4.83 Å². The summed E-state index contributed by atoms with van der Waals surface area (Å²) >= 11 is 3.39. The zero-order valence-corrected chi connectivity index (χ0v) is 7.04. The summed E-state index contributed by atoms with van der Waals surface area (Å²) in [5.74, 6) is -0.968. The molecule has 56 valence electrons. The van der Waals surface area contributed by atoms with E-state index in [0.717, 1.165) is 12.8 Å². The van der Waals surface area contributed by atoms with Crippen LogP contribution in [0.25, 0.3) is 0 Å². The zero-order valence-electron chi connectivity index (χ0n) is 5.46. The lowest BCUT2D eigenvalue weighted by Crippen LogP contribution is -2.16. The minimum absolute atomic E-state index is 0.256. The van der Waals surface area contributed by atoms with Crippen LogP contribution in [0.15, 0.2) is 12.2 Å². The summed E-state index contributed by atoms with van der Waals surface area (Å²) < 4.78 is 0. The fraction of sp³-hybridized carbons (Fsp3) is 0.571. The van der Waals surface area contributed by atoms with Crippen molar-refractivity contribution in [1.82, 2.24) is 0 Å². The van der Waals surface area contributed by atoms with Crippen LogP contribution in [0, 0.1) is 5.92 Å². The SMILES string of the molecule is O=C(O)[C@@H]1C=C[C@@H](Br)CC1. The van der Waals surface area contributed by atoms with Crippen molar-refractivity contribution in [1.29, 1.82) is 0 Å². The molecule has 1 aliphatic carbocycles. The first kappa shape index (κ1) is 7.79. The van der Waals surface area contributed by atoms with Crippen molar-refractivity contribution < 1.29 is 9.90 Å². The normalized spacial score (nSPS) is 32.1. The molecule has 0 saturated heterocycles. The predicted octanol–water partition coefficient (Wildman–Crippen LogP) is 1.80. The highest BCUT2D eigenvalue weighted by atomic mass is 79.9. The molecule has 0 fully saturated rings. The fourth-order valence-corrected chi connectivity index (χ4v) is 1.43. The maximum atomic E-state index is 10.4. The predicted molar refractivity (Wildman–Crippen MR) is 42.2 cm³/mol. The summed E-state index contributed by atoms with van der Waals surface area (Å²) in [5, 5.41) is 8.56. The summed E-state index contributed by atoms with van der Waals surface area (Å²) in [7, 11) is 0. The van der Waals surface area contributed by atoms with Gasteiger partial charge in [-0.1, -0.05) is 28.1 Å². The number of hydrogen-bond acceptors (Lipinski definition) is 1. The summed E-state index contributed by atoms with van der Waals surface area (Å²) in [5.41, 5.74) is 0. The number of aliphatic carboxylic acids is 1. The Labute approximate surface area is 68.1 Å². The van der Waals surface area contributed by atoms with E-state index >= 15 is 0 Å². The topological polar surface area (TPSA) is 37.3 Å². The lowest BCUT2D eigenvalue weighted by atomic mass is 9.96. The van der Waals surface area contributed by atoms with Gasteiger partial charge in [-0.15, -0.1) is 0 Å². The first-order chi connectivity index (χ1) is 4.70. The maximum absolute atomic E-state index is 10.4. The van der Waals surface area contributed by atoms with Crippen molar-refractivity contribution >= 4 is 21.9 Å². The van der Waals surface area contributed by atoms with Gasteiger partial charge < -0.3 is 5.11 Å². The summed E-state index contributed by atoms with van der Waals surface area (Å²) in [6.07, 6.45) is 5.34. The van der Waals surface area contributed by atoms with E-state index in [1.807, 2.05) is 6.08 Å². The third-order valence-corrected chi connectivity index (χ3v) is 2.39. The van der Waals surface area contributed by atoms with E-state index in [2.05, 4.69) is 15.9 Å². The third kappa shape index (κ3) is 1.84. The molecule has 0 aromatic rings. The van der Waals surface area contributed by atoms with Crippen molar-refractivity contribution in [3.63, 3.8) is 0 Å². The quantitative estimate of drug-likeness (QED) is 0.523. The number of hydrogen-bond donors (Lipinski definition) is 1. The minimum atomic E-state index is -0.712. The van der Waals surface area contributed by atoms with E-state index in [1.54, 1.807) is 6.08 Å². The molecule has 0 heterocycles. The largest absolute Gasteiger partial charge is 0.481 e. The van der Waals surface area contributed by atoms with Crippen molar-refractivity contribution in [2.24, 2.45) is 5.92 Å². The molecule has 1 aliphatic rings. The average Bonchev–Trinajstić information content (AvgIpc) is 1.88. The van der Waals surface area contributed by atoms with Gasteiger partial charge in [0.25, 0.3) is 0 Å². The standard InChI is InChI=1S/C7H9BrO2/c8-6-3-1-5(2-4-6)7(9)10/h1,3,5-6H,2,4H2,(H,9,10)/t5-,6-/m1/s1. The number of carboxylic acid groups (broad SMARTS) is 1. The Balaban J connectivity index is 2.53. The molecule has 0 amide bonds. The monoisotopic (exact) mass is 204 g/mol. The van der Waals surface area contributed by atoms with Gasteiger partial charge in [0.05, 0.1) is 5.92 Å². The Bertz CT molecular complexity index is 165. The molecule has 1 N–H and O–H groups in total. The highest BCUT2D eigenvalue weighted by Gasteiger charge is 2.18. The van der Waals surface area contributed by atoms with Gasteiger partial charge in [0, 0.05) is 4.83 Å². The van der Waals surface area contributed by atoms with Crippen LogP contribution in [0.1, 0.15) is 12.8 Å². The molecule has 3 heteroatoms. The molecule has 0 unspecified atom stereocenters. The molecule has 0 spiro atoms. The van der Waals surface area contributed by atoms with Crippen LogP contribution in [0.4, 0.5) is 0 Å². The molecular formula is C7H9BrO2. The van der Waals surface area contributed by atoms with E-state index in [9.17, 15) is 4.79 Å². The molecule has 2 nitrogen and oxygen atoms in total. The number of halogens is 1. The molecule has 0 radical (unpaired) electrons. The van der Waals surface area contributed by atoms with Crippen LogP contribution < -0.4 is 0 Å². The average molecular weight is 205 g/mol. The second-order valence-electron chi connectivity index (χ2n) is 2.42. The molecule has 0 aromatic heterocycles. The Morgan fingerprint density at radius 2 is 2.20 bits per heavy atom. The fourth-order valence-electron chi connectivity index (χ4n) is 0.992. The molecule has 2 atom stereocenters. The first-order valence-corrected chi connectivity index (χ1v) is 4.17. The minimum Gasteiger partial charge on any atom is -0.481 e. The lowest BCUT2D eigenvalue weighted by molar-refractivity contribution is -0.140. The first-order valence-electron chi connectivity index (χ1n) is 3.25. The number of carbonyl (C=O) groups is 1. The van der Waals surface area contributed by atoms with Crippen LogP contribution in [0.5, 0.6) is 0 Å². The van der Waals surface area contributed by atoms with E-state index in [1.165, 1.54) is 0 Å². The van der Waals surface area contributed by atoms with E-state index in [4.69, 9.17) is 5.11 Å². The second kappa shape index (κ2) is 3.19. The van der Waals surface area contributed by atoms with Crippen LogP contribution >= 0.6 is 15.9 Å². The smallest absolute Gasteiger partial charge is 0.310 e. The van der Waals surface area contributed by atoms with Gasteiger partial charge in [-0.25, -0.2) is 0 Å². The Kier molecular flexibility index (Phi) is 2.49. The van der Waals surface area contributed by atoms with Crippen molar-refractivity contribution in [2.75, 3.05) is 0 Å². The number of alkyl halides is 1. The van der Waals surface area contributed by atoms with Gasteiger partial charge in [-0.3, -0.25) is 4.79 Å². The van der Waals surface area contributed by atoms with Gasteiger partial charge in [-0.2, -0.15) is 0 Å². The van der Waals surface area contributed by atoms with Crippen molar-refractivity contribution in [2.45, 2.75) is 17.7 Å². The van der Waals surface area contributed by atoms with Crippen LogP contribution in [0.2, 0.25) is 0 Å². The van der Waals surface area contributed by atoms with Gasteiger partial charge in [0.15, 0.2) is 0 Å². The van der Waals surface area contributed by atoms with Crippen molar-refractivity contribution in [3.05, 3.63) is 12.2 Å². The Morgan fingerprint density at radius 1 is 1.50 bits per heavy atom. The Hall–Kier alpha value is -0.310. The highest BCUT2D eigenvalue weighted by Crippen LogP contribution is 2.22. The summed E-state index contributed by atoms with van der Waals surface area (Å²) in [4.78, 5) is 10.8. The lowest BCUT2D eigenvalue weighted by Gasteiger charge is -2.14. The molecular weight excluding hydrogens is 196 g/mol. The number of carboxylic acids is 1. The third-order valence-electron chi connectivity index (χ3n) is 1.62.